The van der Waals surface area contributed by atoms with Crippen LogP contribution in [0.3, 0.4) is 0 Å². The minimum Gasteiger partial charge on any atom is -0.382 e. The Kier molecular flexibility index (Phi) is 6.67. The first-order chi connectivity index (χ1) is 11.9. The van der Waals surface area contributed by atoms with Gasteiger partial charge in [0.05, 0.1) is 5.52 Å². The number of carbonyl (C=O) groups excluding carboxylic acids is 1. The number of nitrogens with zero attached hydrogens (tertiary/aromatic N) is 1. The first-order valence-corrected chi connectivity index (χ1v) is 8.49. The molecule has 1 heterocycles. The van der Waals surface area contributed by atoms with Crippen LogP contribution in [0.2, 0.25) is 0 Å². The van der Waals surface area contributed by atoms with E-state index in [2.05, 4.69) is 15.5 Å². The van der Waals surface area contributed by atoms with Crippen LogP contribution < -0.4 is 11.1 Å². The molecule has 0 bridgehead atoms. The smallest absolute Gasteiger partial charge is 0.251 e. The van der Waals surface area contributed by atoms with Crippen molar-refractivity contribution in [3.63, 3.8) is 0 Å². The van der Waals surface area contributed by atoms with Gasteiger partial charge in [-0.2, -0.15) is 5.10 Å². The van der Waals surface area contributed by atoms with Crippen LogP contribution in [0.4, 0.5) is 5.82 Å². The van der Waals surface area contributed by atoms with Crippen molar-refractivity contribution in [2.45, 2.75) is 20.3 Å². The Morgan fingerprint density at radius 3 is 2.84 bits per heavy atom. The molecule has 0 aliphatic carbocycles. The van der Waals surface area contributed by atoms with Crippen molar-refractivity contribution < 1.29 is 4.79 Å². The Bertz CT molecular complexity index is 861. The van der Waals surface area contributed by atoms with Crippen LogP contribution in [0.1, 0.15) is 30.6 Å². The monoisotopic (exact) mass is 378 g/mol. The number of nitrogen functional groups attached to an aromatic ring is 1. The number of hydrogen-bond acceptors (Lipinski definition) is 3. The summed E-state index contributed by atoms with van der Waals surface area (Å²) in [5, 5.41) is 11.5. The molecule has 0 fully saturated rings. The van der Waals surface area contributed by atoms with Gasteiger partial charge in [-0.05, 0) is 32.0 Å². The molecule has 0 unspecified atom stereocenters. The predicted octanol–water partition coefficient (Wildman–Crippen LogP) is 4.48. The molecular weight excluding hydrogens is 359 g/mol. The van der Waals surface area contributed by atoms with Gasteiger partial charge in [0, 0.05) is 34.0 Å². The van der Waals surface area contributed by atoms with E-state index in [1.807, 2.05) is 25.2 Å². The van der Waals surface area contributed by atoms with Gasteiger partial charge >= 0.3 is 0 Å². The third-order valence-electron chi connectivity index (χ3n) is 3.57. The molecule has 0 aliphatic rings. The van der Waals surface area contributed by atoms with Crippen LogP contribution in [0, 0.1) is 0 Å². The van der Waals surface area contributed by atoms with E-state index in [9.17, 15) is 4.79 Å². The zero-order chi connectivity index (χ0) is 18.4. The van der Waals surface area contributed by atoms with Gasteiger partial charge in [0.25, 0.3) is 5.91 Å². The second kappa shape index (κ2) is 8.74. The third kappa shape index (κ3) is 5.37. The van der Waals surface area contributed by atoms with Gasteiger partial charge in [0.1, 0.15) is 0 Å². The Labute approximate surface area is 156 Å². The lowest BCUT2D eigenvalue weighted by atomic mass is 10.1. The molecule has 25 heavy (non-hydrogen) atoms. The zero-order valence-corrected chi connectivity index (χ0v) is 15.6. The zero-order valence-electron chi connectivity index (χ0n) is 14.1. The molecule has 0 saturated carbocycles. The average Bonchev–Trinajstić information content (AvgIpc) is 2.96. The van der Waals surface area contributed by atoms with Gasteiger partial charge in [0.15, 0.2) is 5.82 Å². The number of hydrogen-bond donors (Lipinski definition) is 3. The minimum absolute atomic E-state index is 0.164. The second-order valence-electron chi connectivity index (χ2n) is 5.64. The molecule has 5 nitrogen and oxygen atoms in total. The van der Waals surface area contributed by atoms with E-state index in [0.717, 1.165) is 16.5 Å². The summed E-state index contributed by atoms with van der Waals surface area (Å²) in [6.45, 7) is 4.13. The molecule has 0 spiro atoms. The van der Waals surface area contributed by atoms with Crippen LogP contribution in [0.25, 0.3) is 10.9 Å². The summed E-state index contributed by atoms with van der Waals surface area (Å²) in [6.07, 6.45) is 6.31. The minimum atomic E-state index is -0.164. The topological polar surface area (TPSA) is 83.8 Å². The average molecular weight is 379 g/mol. The SMILES string of the molecule is C/C(Cl)=C(/Cl)C/C=C\C=C(/C)CNC(=O)c1ccc2[nH]nc(N)c2c1. The van der Waals surface area contributed by atoms with Crippen LogP contribution in [-0.4, -0.2) is 22.6 Å². The summed E-state index contributed by atoms with van der Waals surface area (Å²) in [5.41, 5.74) is 8.12. The van der Waals surface area contributed by atoms with Gasteiger partial charge in [-0.25, -0.2) is 0 Å². The molecular formula is C18H20Cl2N4O. The molecule has 1 aromatic heterocycles. The molecule has 7 heteroatoms. The number of allylic oxidation sites excluding steroid dienone is 5. The first-order valence-electron chi connectivity index (χ1n) is 7.73. The number of anilines is 1. The molecule has 1 aromatic carbocycles. The normalized spacial score (nSPS) is 13.4. The number of H-pyrrole nitrogens is 1. The van der Waals surface area contributed by atoms with E-state index in [1.54, 1.807) is 25.1 Å². The maximum absolute atomic E-state index is 12.3. The van der Waals surface area contributed by atoms with Crippen LogP contribution in [-0.2, 0) is 0 Å². The molecule has 2 rings (SSSR count). The third-order valence-corrected chi connectivity index (χ3v) is 4.33. The lowest BCUT2D eigenvalue weighted by molar-refractivity contribution is 0.0957. The summed E-state index contributed by atoms with van der Waals surface area (Å²) < 4.78 is 0. The molecule has 4 N–H and O–H groups in total. The highest BCUT2D eigenvalue weighted by atomic mass is 35.5. The van der Waals surface area contributed by atoms with Gasteiger partial charge in [-0.1, -0.05) is 47.0 Å². The van der Waals surface area contributed by atoms with E-state index >= 15 is 0 Å². The first kappa shape index (κ1) is 19.1. The van der Waals surface area contributed by atoms with E-state index in [0.29, 0.717) is 34.4 Å². The van der Waals surface area contributed by atoms with Crippen LogP contribution in [0.5, 0.6) is 0 Å². The van der Waals surface area contributed by atoms with E-state index in [1.165, 1.54) is 0 Å². The highest BCUT2D eigenvalue weighted by molar-refractivity contribution is 6.38. The number of fused-ring (bicyclic) bond motifs is 1. The number of nitrogens with two attached hydrogens (primary N) is 1. The van der Waals surface area contributed by atoms with Crippen LogP contribution in [0.15, 0.2) is 52.1 Å². The lowest BCUT2D eigenvalue weighted by Gasteiger charge is -2.05. The maximum Gasteiger partial charge on any atom is 0.251 e. The van der Waals surface area contributed by atoms with Crippen molar-refractivity contribution in [3.8, 4) is 0 Å². The summed E-state index contributed by atoms with van der Waals surface area (Å²) in [5.74, 6) is 0.216. The number of carbonyl (C=O) groups is 1. The number of nitrogens with one attached hydrogen (secondary N) is 2. The summed E-state index contributed by atoms with van der Waals surface area (Å²) in [7, 11) is 0. The number of halogens is 2. The van der Waals surface area contributed by atoms with E-state index < -0.39 is 0 Å². The molecule has 0 saturated heterocycles. The number of aromatic amines is 1. The molecule has 2 aromatic rings. The second-order valence-corrected chi connectivity index (χ2v) is 6.66. The van der Waals surface area contributed by atoms with Gasteiger partial charge in [0.2, 0.25) is 0 Å². The van der Waals surface area contributed by atoms with E-state index in [4.69, 9.17) is 28.9 Å². The Hall–Kier alpha value is -2.24. The van der Waals surface area contributed by atoms with Crippen molar-refractivity contribution in [1.82, 2.24) is 15.5 Å². The van der Waals surface area contributed by atoms with Crippen molar-refractivity contribution in [2.75, 3.05) is 12.3 Å². The van der Waals surface area contributed by atoms with Gasteiger partial charge < -0.3 is 11.1 Å². The van der Waals surface area contributed by atoms with Gasteiger partial charge in [-0.3, -0.25) is 9.89 Å². The highest BCUT2D eigenvalue weighted by Crippen LogP contribution is 2.19. The number of benzene rings is 1. The summed E-state index contributed by atoms with van der Waals surface area (Å²) in [4.78, 5) is 12.3. The van der Waals surface area contributed by atoms with Crippen molar-refractivity contribution in [2.24, 2.45) is 0 Å². The fourth-order valence-electron chi connectivity index (χ4n) is 2.10. The highest BCUT2D eigenvalue weighted by Gasteiger charge is 2.09. The maximum atomic E-state index is 12.3. The Balaban J connectivity index is 1.91. The number of amides is 1. The van der Waals surface area contributed by atoms with E-state index in [-0.39, 0.29) is 5.91 Å². The standard InChI is InChI=1S/C18H20Cl2N4O/c1-11(5-3-4-6-15(20)12(2)19)10-22-18(25)13-7-8-16-14(9-13)17(21)24-23-16/h3-5,7-9H,6,10H2,1-2H3,(H,22,25)(H3,21,23,24)/b4-3-,11-5+,15-12-. The molecule has 132 valence electrons. The number of aromatic nitrogens is 2. The summed E-state index contributed by atoms with van der Waals surface area (Å²) in [6, 6.07) is 5.25. The number of rotatable bonds is 6. The van der Waals surface area contributed by atoms with Gasteiger partial charge in [-0.15, -0.1) is 0 Å². The van der Waals surface area contributed by atoms with Crippen LogP contribution >= 0.6 is 23.2 Å². The summed E-state index contributed by atoms with van der Waals surface area (Å²) >= 11 is 11.7. The molecule has 0 radical (unpaired) electrons. The Morgan fingerprint density at radius 2 is 2.12 bits per heavy atom. The van der Waals surface area contributed by atoms with Crippen molar-refractivity contribution >= 4 is 45.8 Å². The fraction of sp³-hybridized carbons (Fsp3) is 0.222. The molecule has 0 atom stereocenters. The quantitative estimate of drug-likeness (QED) is 0.647. The predicted molar refractivity (Wildman–Crippen MR) is 105 cm³/mol. The van der Waals surface area contributed by atoms with Crippen molar-refractivity contribution in [1.29, 1.82) is 0 Å². The molecule has 0 aliphatic heterocycles. The Morgan fingerprint density at radius 1 is 1.36 bits per heavy atom. The van der Waals surface area contributed by atoms with Crippen molar-refractivity contribution in [3.05, 3.63) is 57.6 Å². The molecule has 1 amide bonds. The largest absolute Gasteiger partial charge is 0.382 e. The fourth-order valence-corrected chi connectivity index (χ4v) is 2.27. The lowest BCUT2D eigenvalue weighted by Crippen LogP contribution is -2.24.